The molecule has 1 N–H and O–H groups in total. The first-order valence-electron chi connectivity index (χ1n) is 7.45. The summed E-state index contributed by atoms with van der Waals surface area (Å²) in [4.78, 5) is 0. The third kappa shape index (κ3) is 4.23. The van der Waals surface area contributed by atoms with E-state index in [1.54, 1.807) is 0 Å². The van der Waals surface area contributed by atoms with Gasteiger partial charge >= 0.3 is 0 Å². The highest BCUT2D eigenvalue weighted by molar-refractivity contribution is 6.32. The van der Waals surface area contributed by atoms with Gasteiger partial charge in [0.2, 0.25) is 0 Å². The lowest BCUT2D eigenvalue weighted by Crippen LogP contribution is -2.35. The first kappa shape index (κ1) is 15.9. The molecule has 2 atom stereocenters. The van der Waals surface area contributed by atoms with Crippen molar-refractivity contribution in [2.45, 2.75) is 32.4 Å². The van der Waals surface area contributed by atoms with Crippen LogP contribution in [0.25, 0.3) is 0 Å². The summed E-state index contributed by atoms with van der Waals surface area (Å²) in [5.41, 5.74) is 1.23. The minimum Gasteiger partial charge on any atom is -0.487 e. The summed E-state index contributed by atoms with van der Waals surface area (Å²) in [6, 6.07) is 18.2. The van der Waals surface area contributed by atoms with Crippen molar-refractivity contribution in [3.63, 3.8) is 0 Å². The molecule has 0 amide bonds. The van der Waals surface area contributed by atoms with Gasteiger partial charge in [-0.15, -0.1) is 0 Å². The van der Waals surface area contributed by atoms with Crippen LogP contribution in [0.5, 0.6) is 5.75 Å². The van der Waals surface area contributed by atoms with Crippen molar-refractivity contribution in [2.75, 3.05) is 6.54 Å². The van der Waals surface area contributed by atoms with Crippen LogP contribution in [0.3, 0.4) is 0 Å². The number of para-hydroxylation sites is 1. The van der Waals surface area contributed by atoms with Crippen LogP contribution in [0.2, 0.25) is 5.02 Å². The minimum atomic E-state index is 0.0345. The van der Waals surface area contributed by atoms with Crippen molar-refractivity contribution in [3.05, 3.63) is 65.2 Å². The van der Waals surface area contributed by atoms with E-state index in [2.05, 4.69) is 43.4 Å². The van der Waals surface area contributed by atoms with Gasteiger partial charge in [-0.1, -0.05) is 67.9 Å². The molecule has 0 saturated carbocycles. The standard InChI is InChI=1S/C18H22ClNO/c1-3-16(21-17-13-9-8-12-15(17)19)18(20-4-2)14-10-6-5-7-11-14/h5-13,16,18,20H,3-4H2,1-2H3. The maximum Gasteiger partial charge on any atom is 0.138 e. The summed E-state index contributed by atoms with van der Waals surface area (Å²) in [7, 11) is 0. The Kier molecular flexibility index (Phi) is 6.09. The van der Waals surface area contributed by atoms with Gasteiger partial charge in [-0.25, -0.2) is 0 Å². The van der Waals surface area contributed by atoms with Gasteiger partial charge in [-0.05, 0) is 30.7 Å². The van der Waals surface area contributed by atoms with E-state index in [9.17, 15) is 0 Å². The Hall–Kier alpha value is -1.51. The third-order valence-electron chi connectivity index (χ3n) is 3.47. The fraction of sp³-hybridized carbons (Fsp3) is 0.333. The highest BCUT2D eigenvalue weighted by Crippen LogP contribution is 2.29. The van der Waals surface area contributed by atoms with Gasteiger partial charge in [0, 0.05) is 0 Å². The van der Waals surface area contributed by atoms with E-state index >= 15 is 0 Å². The number of ether oxygens (including phenoxy) is 1. The molecule has 0 aliphatic heterocycles. The smallest absolute Gasteiger partial charge is 0.138 e. The third-order valence-corrected chi connectivity index (χ3v) is 3.78. The van der Waals surface area contributed by atoms with Gasteiger partial charge in [-0.2, -0.15) is 0 Å². The number of hydrogen-bond acceptors (Lipinski definition) is 2. The van der Waals surface area contributed by atoms with Crippen LogP contribution in [0.15, 0.2) is 54.6 Å². The average Bonchev–Trinajstić information content (AvgIpc) is 2.53. The van der Waals surface area contributed by atoms with Crippen LogP contribution in [0, 0.1) is 0 Å². The van der Waals surface area contributed by atoms with Crippen molar-refractivity contribution >= 4 is 11.6 Å². The SMILES string of the molecule is CCNC(c1ccccc1)C(CC)Oc1ccccc1Cl. The zero-order valence-corrected chi connectivity index (χ0v) is 13.3. The van der Waals surface area contributed by atoms with Crippen LogP contribution in [-0.4, -0.2) is 12.6 Å². The fourth-order valence-electron chi connectivity index (χ4n) is 2.43. The van der Waals surface area contributed by atoms with Gasteiger partial charge < -0.3 is 10.1 Å². The minimum absolute atomic E-state index is 0.0345. The van der Waals surface area contributed by atoms with Crippen LogP contribution in [-0.2, 0) is 0 Å². The molecule has 2 aromatic rings. The first-order chi connectivity index (χ1) is 10.3. The highest BCUT2D eigenvalue weighted by atomic mass is 35.5. The highest BCUT2D eigenvalue weighted by Gasteiger charge is 2.23. The summed E-state index contributed by atoms with van der Waals surface area (Å²) >= 11 is 6.21. The van der Waals surface area contributed by atoms with E-state index in [0.29, 0.717) is 5.02 Å². The van der Waals surface area contributed by atoms with Crippen LogP contribution in [0.4, 0.5) is 0 Å². The summed E-state index contributed by atoms with van der Waals surface area (Å²) in [5, 5.41) is 4.17. The van der Waals surface area contributed by atoms with E-state index in [4.69, 9.17) is 16.3 Å². The Bertz CT molecular complexity index is 544. The molecule has 0 bridgehead atoms. The van der Waals surface area contributed by atoms with Gasteiger partial charge in [0.05, 0.1) is 11.1 Å². The van der Waals surface area contributed by atoms with Crippen LogP contribution >= 0.6 is 11.6 Å². The van der Waals surface area contributed by atoms with Gasteiger partial charge in [0.1, 0.15) is 11.9 Å². The Balaban J connectivity index is 2.22. The molecule has 2 unspecified atom stereocenters. The topological polar surface area (TPSA) is 21.3 Å². The second kappa shape index (κ2) is 8.06. The Labute approximate surface area is 132 Å². The number of benzene rings is 2. The Morgan fingerprint density at radius 2 is 1.67 bits per heavy atom. The molecule has 112 valence electrons. The molecule has 2 aromatic carbocycles. The molecule has 0 heterocycles. The van der Waals surface area contributed by atoms with E-state index in [1.807, 2.05) is 30.3 Å². The largest absolute Gasteiger partial charge is 0.487 e. The zero-order valence-electron chi connectivity index (χ0n) is 12.6. The molecule has 2 rings (SSSR count). The second-order valence-corrected chi connectivity index (χ2v) is 5.35. The maximum atomic E-state index is 6.21. The molecule has 0 aliphatic rings. The molecule has 0 fully saturated rings. The predicted octanol–water partition coefficient (Wildman–Crippen LogP) is 4.85. The molecule has 21 heavy (non-hydrogen) atoms. The zero-order chi connectivity index (χ0) is 15.1. The Morgan fingerprint density at radius 1 is 1.00 bits per heavy atom. The summed E-state index contributed by atoms with van der Waals surface area (Å²) in [6.07, 6.45) is 0.935. The van der Waals surface area contributed by atoms with Crippen molar-refractivity contribution in [3.8, 4) is 5.75 Å². The molecule has 0 aliphatic carbocycles. The molecule has 0 spiro atoms. The monoisotopic (exact) mass is 303 g/mol. The lowest BCUT2D eigenvalue weighted by Gasteiger charge is -2.28. The van der Waals surface area contributed by atoms with Crippen LogP contribution < -0.4 is 10.1 Å². The van der Waals surface area contributed by atoms with Crippen molar-refractivity contribution < 1.29 is 4.74 Å². The lowest BCUT2D eigenvalue weighted by atomic mass is 9.99. The molecule has 0 aromatic heterocycles. The lowest BCUT2D eigenvalue weighted by molar-refractivity contribution is 0.149. The molecule has 0 saturated heterocycles. The normalized spacial score (nSPS) is 13.7. The number of nitrogens with one attached hydrogen (secondary N) is 1. The van der Waals surface area contributed by atoms with E-state index in [-0.39, 0.29) is 12.1 Å². The van der Waals surface area contributed by atoms with E-state index in [0.717, 1.165) is 18.7 Å². The molecule has 3 heteroatoms. The number of halogens is 1. The second-order valence-electron chi connectivity index (χ2n) is 4.94. The quantitative estimate of drug-likeness (QED) is 0.789. The molecule has 2 nitrogen and oxygen atoms in total. The van der Waals surface area contributed by atoms with Crippen LogP contribution in [0.1, 0.15) is 31.9 Å². The number of hydrogen-bond donors (Lipinski definition) is 1. The van der Waals surface area contributed by atoms with Gasteiger partial charge in [0.25, 0.3) is 0 Å². The van der Waals surface area contributed by atoms with Crippen molar-refractivity contribution in [1.82, 2.24) is 5.32 Å². The predicted molar refractivity (Wildman–Crippen MR) is 89.0 cm³/mol. The average molecular weight is 304 g/mol. The summed E-state index contributed by atoms with van der Waals surface area (Å²) < 4.78 is 6.17. The molecule has 0 radical (unpaired) electrons. The summed E-state index contributed by atoms with van der Waals surface area (Å²) in [6.45, 7) is 5.13. The molecular weight excluding hydrogens is 282 g/mol. The number of rotatable bonds is 7. The van der Waals surface area contributed by atoms with Gasteiger partial charge in [0.15, 0.2) is 0 Å². The van der Waals surface area contributed by atoms with Crippen molar-refractivity contribution in [2.24, 2.45) is 0 Å². The number of likely N-dealkylation sites (N-methyl/N-ethyl adjacent to an activating group) is 1. The first-order valence-corrected chi connectivity index (χ1v) is 7.83. The van der Waals surface area contributed by atoms with Crippen molar-refractivity contribution in [1.29, 1.82) is 0 Å². The van der Waals surface area contributed by atoms with E-state index in [1.165, 1.54) is 5.56 Å². The Morgan fingerprint density at radius 3 is 2.29 bits per heavy atom. The van der Waals surface area contributed by atoms with E-state index < -0.39 is 0 Å². The summed E-state index contributed by atoms with van der Waals surface area (Å²) in [5.74, 6) is 0.741. The fourth-order valence-corrected chi connectivity index (χ4v) is 2.61. The van der Waals surface area contributed by atoms with Gasteiger partial charge in [-0.3, -0.25) is 0 Å². The molecular formula is C18H22ClNO. The maximum absolute atomic E-state index is 6.21.